The van der Waals surface area contributed by atoms with Crippen molar-refractivity contribution in [3.05, 3.63) is 47.0 Å². The number of nitrogens with zero attached hydrogens (tertiary/aromatic N) is 2. The maximum absolute atomic E-state index is 11.5. The third kappa shape index (κ3) is 3.29. The molecule has 1 aromatic carbocycles. The van der Waals surface area contributed by atoms with Crippen molar-refractivity contribution in [1.82, 2.24) is 20.5 Å². The van der Waals surface area contributed by atoms with Gasteiger partial charge in [-0.3, -0.25) is 9.89 Å². The molecule has 0 aliphatic rings. The Morgan fingerprint density at radius 3 is 3.06 bits per heavy atom. The van der Waals surface area contributed by atoms with Gasteiger partial charge in [0.15, 0.2) is 0 Å². The van der Waals surface area contributed by atoms with E-state index in [0.717, 1.165) is 12.0 Å². The first-order chi connectivity index (χ1) is 8.25. The van der Waals surface area contributed by atoms with Crippen molar-refractivity contribution in [2.75, 3.05) is 6.54 Å². The van der Waals surface area contributed by atoms with E-state index in [1.807, 2.05) is 24.3 Å². The SMILES string of the molecule is O=C(NCCc1cccc(Cl)c1)c1ncn[nH]1. The number of amides is 1. The Morgan fingerprint density at radius 1 is 1.47 bits per heavy atom. The molecule has 0 radical (unpaired) electrons. The summed E-state index contributed by atoms with van der Waals surface area (Å²) < 4.78 is 0. The maximum atomic E-state index is 11.5. The lowest BCUT2D eigenvalue weighted by atomic mass is 10.1. The second-order valence-electron chi connectivity index (χ2n) is 3.47. The lowest BCUT2D eigenvalue weighted by Crippen LogP contribution is -2.26. The van der Waals surface area contributed by atoms with Crippen LogP contribution >= 0.6 is 11.6 Å². The molecule has 0 aliphatic heterocycles. The van der Waals surface area contributed by atoms with Gasteiger partial charge in [-0.2, -0.15) is 5.10 Å². The minimum atomic E-state index is -0.260. The highest BCUT2D eigenvalue weighted by atomic mass is 35.5. The molecule has 1 amide bonds. The van der Waals surface area contributed by atoms with Crippen LogP contribution in [0.15, 0.2) is 30.6 Å². The van der Waals surface area contributed by atoms with Crippen LogP contribution in [0.5, 0.6) is 0 Å². The van der Waals surface area contributed by atoms with Crippen molar-refractivity contribution in [1.29, 1.82) is 0 Å². The fourth-order valence-corrected chi connectivity index (χ4v) is 1.62. The van der Waals surface area contributed by atoms with Crippen molar-refractivity contribution in [2.24, 2.45) is 0 Å². The van der Waals surface area contributed by atoms with Crippen LogP contribution in [0.25, 0.3) is 0 Å². The molecule has 0 spiro atoms. The number of H-pyrrole nitrogens is 1. The Morgan fingerprint density at radius 2 is 2.35 bits per heavy atom. The molecule has 0 saturated carbocycles. The highest BCUT2D eigenvalue weighted by Crippen LogP contribution is 2.10. The van der Waals surface area contributed by atoms with Gasteiger partial charge in [0.25, 0.3) is 5.91 Å². The number of carbonyl (C=O) groups excluding carboxylic acids is 1. The van der Waals surface area contributed by atoms with E-state index in [-0.39, 0.29) is 11.7 Å². The van der Waals surface area contributed by atoms with Crippen LogP contribution in [-0.4, -0.2) is 27.6 Å². The number of nitrogens with one attached hydrogen (secondary N) is 2. The number of hydrogen-bond acceptors (Lipinski definition) is 3. The molecule has 0 fully saturated rings. The highest BCUT2D eigenvalue weighted by molar-refractivity contribution is 6.30. The van der Waals surface area contributed by atoms with Crippen LogP contribution in [0.2, 0.25) is 5.02 Å². The van der Waals surface area contributed by atoms with Gasteiger partial charge in [-0.25, -0.2) is 4.98 Å². The van der Waals surface area contributed by atoms with Gasteiger partial charge in [0.2, 0.25) is 5.82 Å². The van der Waals surface area contributed by atoms with Gasteiger partial charge in [0.05, 0.1) is 0 Å². The van der Waals surface area contributed by atoms with Gasteiger partial charge in [-0.05, 0) is 24.1 Å². The Hall–Kier alpha value is -1.88. The monoisotopic (exact) mass is 250 g/mol. The first-order valence-electron chi connectivity index (χ1n) is 5.14. The van der Waals surface area contributed by atoms with E-state index in [1.54, 1.807) is 0 Å². The van der Waals surface area contributed by atoms with Gasteiger partial charge in [0.1, 0.15) is 6.33 Å². The fourth-order valence-electron chi connectivity index (χ4n) is 1.41. The molecule has 0 atom stereocenters. The molecule has 5 nitrogen and oxygen atoms in total. The lowest BCUT2D eigenvalue weighted by Gasteiger charge is -2.03. The standard InChI is InChI=1S/C11H11ClN4O/c12-9-3-1-2-8(6-9)4-5-13-11(17)10-14-7-15-16-10/h1-3,6-7H,4-5H2,(H,13,17)(H,14,15,16). The van der Waals surface area contributed by atoms with E-state index in [2.05, 4.69) is 20.5 Å². The van der Waals surface area contributed by atoms with Gasteiger partial charge in [-0.1, -0.05) is 23.7 Å². The molecular weight excluding hydrogens is 240 g/mol. The molecule has 2 rings (SSSR count). The normalized spacial score (nSPS) is 10.2. The van der Waals surface area contributed by atoms with E-state index < -0.39 is 0 Å². The molecule has 0 saturated heterocycles. The summed E-state index contributed by atoms with van der Waals surface area (Å²) in [5, 5.41) is 9.54. The number of rotatable bonds is 4. The van der Waals surface area contributed by atoms with Crippen molar-refractivity contribution in [3.8, 4) is 0 Å². The Labute approximate surface area is 103 Å². The number of hydrogen-bond donors (Lipinski definition) is 2. The quantitative estimate of drug-likeness (QED) is 0.862. The summed E-state index contributed by atoms with van der Waals surface area (Å²) in [4.78, 5) is 15.2. The third-order valence-electron chi connectivity index (χ3n) is 2.22. The summed E-state index contributed by atoms with van der Waals surface area (Å²) >= 11 is 5.86. The molecule has 0 bridgehead atoms. The Kier molecular flexibility index (Phi) is 3.72. The van der Waals surface area contributed by atoms with E-state index in [1.165, 1.54) is 6.33 Å². The van der Waals surface area contributed by atoms with Crippen molar-refractivity contribution in [2.45, 2.75) is 6.42 Å². The van der Waals surface area contributed by atoms with Crippen molar-refractivity contribution >= 4 is 17.5 Å². The number of aromatic nitrogens is 3. The predicted octanol–water partition coefficient (Wildman–Crippen LogP) is 1.43. The summed E-state index contributed by atoms with van der Waals surface area (Å²) in [6.07, 6.45) is 2.02. The van der Waals surface area contributed by atoms with Gasteiger partial charge in [-0.15, -0.1) is 0 Å². The Balaban J connectivity index is 1.82. The van der Waals surface area contributed by atoms with Crippen LogP contribution in [-0.2, 0) is 6.42 Å². The second kappa shape index (κ2) is 5.45. The fraction of sp³-hybridized carbons (Fsp3) is 0.182. The average Bonchev–Trinajstić information content (AvgIpc) is 2.82. The zero-order valence-electron chi connectivity index (χ0n) is 8.98. The van der Waals surface area contributed by atoms with Crippen molar-refractivity contribution in [3.63, 3.8) is 0 Å². The smallest absolute Gasteiger partial charge is 0.288 e. The van der Waals surface area contributed by atoms with Crippen LogP contribution in [0.4, 0.5) is 0 Å². The summed E-state index contributed by atoms with van der Waals surface area (Å²) in [5.41, 5.74) is 1.08. The largest absolute Gasteiger partial charge is 0.349 e. The minimum absolute atomic E-state index is 0.219. The molecule has 2 aromatic rings. The molecule has 88 valence electrons. The summed E-state index contributed by atoms with van der Waals surface area (Å²) in [5.74, 6) is -0.0411. The average molecular weight is 251 g/mol. The van der Waals surface area contributed by atoms with Gasteiger partial charge in [0, 0.05) is 11.6 Å². The zero-order chi connectivity index (χ0) is 12.1. The maximum Gasteiger partial charge on any atom is 0.288 e. The van der Waals surface area contributed by atoms with Gasteiger partial charge < -0.3 is 5.32 Å². The van der Waals surface area contributed by atoms with E-state index in [0.29, 0.717) is 11.6 Å². The summed E-state index contributed by atoms with van der Waals surface area (Å²) in [6, 6.07) is 7.54. The molecule has 0 aliphatic carbocycles. The first-order valence-corrected chi connectivity index (χ1v) is 5.51. The molecule has 0 unspecified atom stereocenters. The predicted molar refractivity (Wildman–Crippen MR) is 63.9 cm³/mol. The van der Waals surface area contributed by atoms with E-state index in [9.17, 15) is 4.79 Å². The number of halogens is 1. The van der Waals surface area contributed by atoms with E-state index >= 15 is 0 Å². The van der Waals surface area contributed by atoms with Crippen LogP contribution in [0.3, 0.4) is 0 Å². The van der Waals surface area contributed by atoms with Crippen LogP contribution in [0, 0.1) is 0 Å². The number of carbonyl (C=O) groups is 1. The first kappa shape index (κ1) is 11.6. The molecule has 1 heterocycles. The van der Waals surface area contributed by atoms with Crippen LogP contribution < -0.4 is 5.32 Å². The van der Waals surface area contributed by atoms with Crippen molar-refractivity contribution < 1.29 is 4.79 Å². The Bertz CT molecular complexity index is 498. The highest BCUT2D eigenvalue weighted by Gasteiger charge is 2.06. The summed E-state index contributed by atoms with van der Waals surface area (Å²) in [6.45, 7) is 0.528. The number of benzene rings is 1. The third-order valence-corrected chi connectivity index (χ3v) is 2.45. The topological polar surface area (TPSA) is 70.7 Å². The second-order valence-corrected chi connectivity index (χ2v) is 3.91. The lowest BCUT2D eigenvalue weighted by molar-refractivity contribution is 0.0944. The van der Waals surface area contributed by atoms with Crippen LogP contribution in [0.1, 0.15) is 16.2 Å². The number of aromatic amines is 1. The minimum Gasteiger partial charge on any atom is -0.349 e. The zero-order valence-corrected chi connectivity index (χ0v) is 9.74. The van der Waals surface area contributed by atoms with E-state index in [4.69, 9.17) is 11.6 Å². The summed E-state index contributed by atoms with van der Waals surface area (Å²) in [7, 11) is 0. The molecule has 1 aromatic heterocycles. The molecule has 17 heavy (non-hydrogen) atoms. The van der Waals surface area contributed by atoms with Gasteiger partial charge >= 0.3 is 0 Å². The molecule has 2 N–H and O–H groups in total. The molecular formula is C11H11ClN4O. The molecule has 6 heteroatoms.